The Bertz CT molecular complexity index is 1130. The van der Waals surface area contributed by atoms with E-state index in [4.69, 9.17) is 9.16 Å². The molecule has 222 valence electrons. The SMILES string of the molecule is C[C@H](O[Si](C)(C)C(C)(C)C)[C@H]1CC[C@H]2[C@@H]3CC=C4C(C)(C)[C@@H](OC(=O)c5ccccc5)CC[C@@]4(C)[C@H]3CC[C@]12C. The lowest BCUT2D eigenvalue weighted by Gasteiger charge is -2.61. The molecule has 0 saturated heterocycles. The highest BCUT2D eigenvalue weighted by molar-refractivity contribution is 6.74. The Balaban J connectivity index is 1.35. The van der Waals surface area contributed by atoms with E-state index in [1.54, 1.807) is 5.57 Å². The molecule has 0 spiro atoms. The largest absolute Gasteiger partial charge is 0.458 e. The number of carbonyl (C=O) groups excluding carboxylic acids is 1. The fraction of sp³-hybridized carbons (Fsp3) is 0.750. The molecule has 1 aromatic carbocycles. The molecule has 40 heavy (non-hydrogen) atoms. The summed E-state index contributed by atoms with van der Waals surface area (Å²) in [6, 6.07) is 9.49. The van der Waals surface area contributed by atoms with Crippen LogP contribution >= 0.6 is 0 Å². The first kappa shape index (κ1) is 30.1. The minimum atomic E-state index is -1.80. The fourth-order valence-electron chi connectivity index (χ4n) is 9.89. The molecule has 5 rings (SSSR count). The van der Waals surface area contributed by atoms with E-state index in [0.717, 1.165) is 30.6 Å². The molecule has 0 amide bonds. The lowest BCUT2D eigenvalue weighted by atomic mass is 9.44. The minimum absolute atomic E-state index is 0.0749. The number of esters is 1. The molecular formula is C36H56O3Si. The number of fused-ring (bicyclic) bond motifs is 5. The van der Waals surface area contributed by atoms with E-state index >= 15 is 0 Å². The van der Waals surface area contributed by atoms with E-state index in [1.165, 1.54) is 32.1 Å². The molecule has 0 unspecified atom stereocenters. The van der Waals surface area contributed by atoms with Gasteiger partial charge in [0, 0.05) is 11.5 Å². The van der Waals surface area contributed by atoms with E-state index in [0.29, 0.717) is 23.0 Å². The highest BCUT2D eigenvalue weighted by Crippen LogP contribution is 2.69. The fourth-order valence-corrected chi connectivity index (χ4v) is 11.3. The van der Waals surface area contributed by atoms with Crippen molar-refractivity contribution < 1.29 is 14.0 Å². The molecule has 3 nitrogen and oxygen atoms in total. The predicted octanol–water partition coefficient (Wildman–Crippen LogP) is 9.84. The number of rotatable bonds is 5. The first-order chi connectivity index (χ1) is 18.5. The van der Waals surface area contributed by atoms with Crippen LogP contribution < -0.4 is 0 Å². The maximum Gasteiger partial charge on any atom is 0.338 e. The van der Waals surface area contributed by atoms with Crippen molar-refractivity contribution in [1.82, 2.24) is 0 Å². The number of benzene rings is 1. The van der Waals surface area contributed by atoms with Crippen molar-refractivity contribution in [2.45, 2.75) is 131 Å². The van der Waals surface area contributed by atoms with Crippen molar-refractivity contribution in [3.63, 3.8) is 0 Å². The molecule has 1 aromatic rings. The van der Waals surface area contributed by atoms with E-state index in [-0.39, 0.29) is 27.9 Å². The van der Waals surface area contributed by atoms with E-state index in [1.807, 2.05) is 30.3 Å². The molecule has 0 heterocycles. The van der Waals surface area contributed by atoms with Gasteiger partial charge in [0.15, 0.2) is 8.32 Å². The van der Waals surface area contributed by atoms with Crippen LogP contribution in [0.2, 0.25) is 18.1 Å². The highest BCUT2D eigenvalue weighted by atomic mass is 28.4. The van der Waals surface area contributed by atoms with Gasteiger partial charge in [-0.05, 0) is 117 Å². The Kier molecular flexibility index (Phi) is 7.60. The van der Waals surface area contributed by atoms with Crippen LogP contribution in [0.25, 0.3) is 0 Å². The van der Waals surface area contributed by atoms with Crippen molar-refractivity contribution in [2.24, 2.45) is 39.9 Å². The Morgan fingerprint density at radius 2 is 1.62 bits per heavy atom. The smallest absolute Gasteiger partial charge is 0.338 e. The second-order valence-corrected chi connectivity index (χ2v) is 21.2. The minimum Gasteiger partial charge on any atom is -0.458 e. The van der Waals surface area contributed by atoms with Gasteiger partial charge in [-0.15, -0.1) is 0 Å². The van der Waals surface area contributed by atoms with Gasteiger partial charge >= 0.3 is 5.97 Å². The third-order valence-corrected chi connectivity index (χ3v) is 17.6. The zero-order valence-corrected chi connectivity index (χ0v) is 28.1. The highest BCUT2D eigenvalue weighted by Gasteiger charge is 2.62. The first-order valence-electron chi connectivity index (χ1n) is 16.2. The molecule has 0 radical (unpaired) electrons. The van der Waals surface area contributed by atoms with Crippen LogP contribution in [0.15, 0.2) is 42.0 Å². The maximum atomic E-state index is 13.0. The van der Waals surface area contributed by atoms with Gasteiger partial charge in [0.2, 0.25) is 0 Å². The number of ether oxygens (including phenoxy) is 1. The normalized spacial score (nSPS) is 38.0. The van der Waals surface area contributed by atoms with Crippen LogP contribution in [0.1, 0.15) is 111 Å². The van der Waals surface area contributed by atoms with Gasteiger partial charge in [0.25, 0.3) is 0 Å². The third-order valence-electron chi connectivity index (χ3n) is 13.1. The van der Waals surface area contributed by atoms with Gasteiger partial charge in [0.05, 0.1) is 5.56 Å². The van der Waals surface area contributed by atoms with Gasteiger partial charge in [0.1, 0.15) is 6.10 Å². The first-order valence-corrected chi connectivity index (χ1v) is 19.1. The topological polar surface area (TPSA) is 35.5 Å². The number of carbonyl (C=O) groups is 1. The lowest BCUT2D eigenvalue weighted by Crippen LogP contribution is -2.55. The summed E-state index contributed by atoms with van der Waals surface area (Å²) in [5, 5.41) is 0.248. The van der Waals surface area contributed by atoms with Crippen LogP contribution in [-0.4, -0.2) is 26.5 Å². The molecule has 0 aliphatic heterocycles. The van der Waals surface area contributed by atoms with Crippen molar-refractivity contribution in [1.29, 1.82) is 0 Å². The molecule has 8 atom stereocenters. The Hall–Kier alpha value is -1.39. The van der Waals surface area contributed by atoms with Crippen molar-refractivity contribution in [2.75, 3.05) is 0 Å². The lowest BCUT2D eigenvalue weighted by molar-refractivity contribution is -0.0869. The summed E-state index contributed by atoms with van der Waals surface area (Å²) in [6.45, 7) is 24.2. The molecule has 0 bridgehead atoms. The molecule has 3 fully saturated rings. The Morgan fingerprint density at radius 1 is 0.950 bits per heavy atom. The maximum absolute atomic E-state index is 13.0. The quantitative estimate of drug-likeness (QED) is 0.203. The summed E-state index contributed by atoms with van der Waals surface area (Å²) in [6.07, 6.45) is 11.4. The van der Waals surface area contributed by atoms with Crippen LogP contribution in [-0.2, 0) is 9.16 Å². The van der Waals surface area contributed by atoms with Crippen LogP contribution in [0, 0.1) is 39.9 Å². The van der Waals surface area contributed by atoms with E-state index in [9.17, 15) is 4.79 Å². The van der Waals surface area contributed by atoms with Gasteiger partial charge in [-0.25, -0.2) is 4.79 Å². The van der Waals surface area contributed by atoms with Gasteiger partial charge < -0.3 is 9.16 Å². The number of allylic oxidation sites excluding steroid dienone is 1. The molecular weight excluding hydrogens is 508 g/mol. The second kappa shape index (κ2) is 10.1. The third kappa shape index (κ3) is 4.77. The second-order valence-electron chi connectivity index (χ2n) is 16.5. The summed E-state index contributed by atoms with van der Waals surface area (Å²) < 4.78 is 13.3. The summed E-state index contributed by atoms with van der Waals surface area (Å²) >= 11 is 0. The van der Waals surface area contributed by atoms with Gasteiger partial charge in [-0.2, -0.15) is 0 Å². The molecule has 0 N–H and O–H groups in total. The van der Waals surface area contributed by atoms with Gasteiger partial charge in [-0.1, -0.05) is 78.3 Å². The van der Waals surface area contributed by atoms with E-state index in [2.05, 4.69) is 74.6 Å². The zero-order valence-electron chi connectivity index (χ0n) is 27.1. The van der Waals surface area contributed by atoms with Crippen LogP contribution in [0.5, 0.6) is 0 Å². The summed E-state index contributed by atoms with van der Waals surface area (Å²) in [5.41, 5.74) is 2.64. The van der Waals surface area contributed by atoms with Crippen molar-refractivity contribution in [3.05, 3.63) is 47.5 Å². The molecule has 3 saturated carbocycles. The average Bonchev–Trinajstić information content (AvgIpc) is 3.23. The standard InChI is InChI=1S/C36H56O3Si/c1-24(39-40(9,10)33(2,3)4)27-17-18-28-26-16-19-30-34(5,6)31(38-32(37)25-14-12-11-13-15-25)21-23-36(30,8)29(26)20-22-35(27,28)7/h11-15,19,24,26-29,31H,16-18,20-23H2,1-10H3/t24-,26-,27+,28-,29-,31-,35+,36-/m0/s1. The number of hydrogen-bond acceptors (Lipinski definition) is 3. The van der Waals surface area contributed by atoms with E-state index < -0.39 is 8.32 Å². The Morgan fingerprint density at radius 3 is 2.27 bits per heavy atom. The monoisotopic (exact) mass is 564 g/mol. The molecule has 4 heteroatoms. The molecule has 0 aromatic heterocycles. The summed E-state index contributed by atoms with van der Waals surface area (Å²) in [7, 11) is -1.80. The van der Waals surface area contributed by atoms with Crippen LogP contribution in [0.3, 0.4) is 0 Å². The number of hydrogen-bond donors (Lipinski definition) is 0. The van der Waals surface area contributed by atoms with Crippen molar-refractivity contribution >= 4 is 14.3 Å². The average molecular weight is 565 g/mol. The van der Waals surface area contributed by atoms with Crippen molar-refractivity contribution in [3.8, 4) is 0 Å². The molecule has 4 aliphatic carbocycles. The molecule has 4 aliphatic rings. The predicted molar refractivity (Wildman–Crippen MR) is 168 cm³/mol. The Labute approximate surface area is 246 Å². The zero-order chi connectivity index (χ0) is 29.3. The van der Waals surface area contributed by atoms with Crippen LogP contribution in [0.4, 0.5) is 0 Å². The van der Waals surface area contributed by atoms with Gasteiger partial charge in [-0.3, -0.25) is 0 Å². The summed E-state index contributed by atoms with van der Waals surface area (Å²) in [4.78, 5) is 13.0. The summed E-state index contributed by atoms with van der Waals surface area (Å²) in [5.74, 6) is 2.75.